The normalized spacial score (nSPS) is 32.1. The predicted octanol–water partition coefficient (Wildman–Crippen LogP) is 2.00. The first-order valence-electron chi connectivity index (χ1n) is 5.73. The second-order valence-corrected chi connectivity index (χ2v) is 4.86. The Morgan fingerprint density at radius 3 is 3.31 bits per heavy atom. The van der Waals surface area contributed by atoms with Gasteiger partial charge in [0.2, 0.25) is 5.91 Å². The third-order valence-electron chi connectivity index (χ3n) is 3.84. The zero-order chi connectivity index (χ0) is 11.2. The van der Waals surface area contributed by atoms with Crippen LogP contribution in [0.2, 0.25) is 0 Å². The Balaban J connectivity index is 2.06. The Morgan fingerprint density at radius 2 is 2.44 bits per heavy atom. The smallest absolute Gasteiger partial charge is 0.232 e. The molecule has 84 valence electrons. The molecule has 2 aliphatic rings. The van der Waals surface area contributed by atoms with E-state index in [1.165, 1.54) is 0 Å². The fourth-order valence-corrected chi connectivity index (χ4v) is 2.72. The van der Waals surface area contributed by atoms with E-state index >= 15 is 0 Å². The zero-order valence-electron chi connectivity index (χ0n) is 9.29. The van der Waals surface area contributed by atoms with Crippen molar-refractivity contribution in [2.75, 3.05) is 10.6 Å². The van der Waals surface area contributed by atoms with E-state index in [0.717, 1.165) is 30.8 Å². The Kier molecular flexibility index (Phi) is 1.93. The molecular weight excluding hydrogens is 202 g/mol. The number of rotatable bonds is 0. The van der Waals surface area contributed by atoms with E-state index in [2.05, 4.69) is 15.6 Å². The van der Waals surface area contributed by atoms with Crippen LogP contribution in [0.5, 0.6) is 0 Å². The number of pyridine rings is 1. The molecule has 4 nitrogen and oxygen atoms in total. The fourth-order valence-electron chi connectivity index (χ4n) is 2.72. The molecule has 0 saturated heterocycles. The summed E-state index contributed by atoms with van der Waals surface area (Å²) in [5, 5.41) is 6.37. The van der Waals surface area contributed by atoms with Crippen molar-refractivity contribution < 1.29 is 4.79 Å². The van der Waals surface area contributed by atoms with Crippen molar-refractivity contribution in [1.29, 1.82) is 0 Å². The van der Waals surface area contributed by atoms with Crippen LogP contribution < -0.4 is 10.6 Å². The van der Waals surface area contributed by atoms with Gasteiger partial charge < -0.3 is 10.6 Å². The number of nitrogens with zero attached hydrogens (tertiary/aromatic N) is 1. The molecule has 1 aromatic rings. The molecule has 0 radical (unpaired) electrons. The third kappa shape index (κ3) is 1.22. The van der Waals surface area contributed by atoms with Crippen molar-refractivity contribution in [2.45, 2.75) is 32.2 Å². The number of hydrogen-bond donors (Lipinski definition) is 2. The van der Waals surface area contributed by atoms with Crippen LogP contribution in [0.15, 0.2) is 18.3 Å². The second-order valence-electron chi connectivity index (χ2n) is 4.86. The van der Waals surface area contributed by atoms with Crippen LogP contribution in [-0.2, 0) is 4.79 Å². The molecule has 1 saturated carbocycles. The molecule has 16 heavy (non-hydrogen) atoms. The Morgan fingerprint density at radius 1 is 1.56 bits per heavy atom. The van der Waals surface area contributed by atoms with Crippen LogP contribution in [0.3, 0.4) is 0 Å². The van der Waals surface area contributed by atoms with Gasteiger partial charge in [0.25, 0.3) is 0 Å². The number of carbonyl (C=O) groups is 1. The molecule has 2 N–H and O–H groups in total. The average molecular weight is 217 g/mol. The van der Waals surface area contributed by atoms with Gasteiger partial charge in [-0.1, -0.05) is 6.42 Å². The molecule has 1 aliphatic carbocycles. The first kappa shape index (κ1) is 9.63. The molecule has 1 aromatic heterocycles. The minimum absolute atomic E-state index is 0.120. The van der Waals surface area contributed by atoms with Gasteiger partial charge in [-0.15, -0.1) is 0 Å². The lowest BCUT2D eigenvalue weighted by atomic mass is 9.84. The molecule has 4 heteroatoms. The largest absolute Gasteiger partial charge is 0.365 e. The van der Waals surface area contributed by atoms with Crippen LogP contribution in [0, 0.1) is 5.41 Å². The van der Waals surface area contributed by atoms with Crippen LogP contribution in [0.4, 0.5) is 11.5 Å². The number of anilines is 2. The van der Waals surface area contributed by atoms with E-state index in [4.69, 9.17) is 0 Å². The average Bonchev–Trinajstić information content (AvgIpc) is 2.60. The van der Waals surface area contributed by atoms with Gasteiger partial charge in [0.05, 0.1) is 11.1 Å². The van der Waals surface area contributed by atoms with Crippen molar-refractivity contribution in [3.05, 3.63) is 18.3 Å². The zero-order valence-corrected chi connectivity index (χ0v) is 9.29. The SMILES string of the molecule is CC12CCCC1Nc1ncccc1NC2=O. The third-order valence-corrected chi connectivity index (χ3v) is 3.84. The van der Waals surface area contributed by atoms with Gasteiger partial charge in [-0.2, -0.15) is 0 Å². The molecule has 1 amide bonds. The summed E-state index contributed by atoms with van der Waals surface area (Å²) in [6.45, 7) is 2.04. The van der Waals surface area contributed by atoms with E-state index in [9.17, 15) is 4.79 Å². The van der Waals surface area contributed by atoms with Crippen LogP contribution in [0.25, 0.3) is 0 Å². The van der Waals surface area contributed by atoms with Gasteiger partial charge in [-0.3, -0.25) is 4.79 Å². The summed E-state index contributed by atoms with van der Waals surface area (Å²) in [6.07, 6.45) is 4.84. The highest BCUT2D eigenvalue weighted by Crippen LogP contribution is 2.43. The number of aromatic nitrogens is 1. The van der Waals surface area contributed by atoms with Crippen LogP contribution in [-0.4, -0.2) is 16.9 Å². The van der Waals surface area contributed by atoms with Crippen molar-refractivity contribution in [2.24, 2.45) is 5.41 Å². The van der Waals surface area contributed by atoms with Crippen molar-refractivity contribution >= 4 is 17.4 Å². The quantitative estimate of drug-likeness (QED) is 0.699. The molecule has 3 rings (SSSR count). The summed E-state index contributed by atoms with van der Waals surface area (Å²) in [4.78, 5) is 16.5. The van der Waals surface area contributed by atoms with Gasteiger partial charge in [-0.25, -0.2) is 4.98 Å². The molecule has 0 spiro atoms. The van der Waals surface area contributed by atoms with Gasteiger partial charge in [0, 0.05) is 12.2 Å². The molecule has 0 aromatic carbocycles. The lowest BCUT2D eigenvalue weighted by molar-refractivity contribution is -0.124. The molecule has 0 bridgehead atoms. The maximum absolute atomic E-state index is 12.2. The molecule has 2 unspecified atom stereocenters. The summed E-state index contributed by atoms with van der Waals surface area (Å²) in [6, 6.07) is 3.94. The number of nitrogens with one attached hydrogen (secondary N) is 2. The molecule has 2 heterocycles. The number of carbonyl (C=O) groups excluding carboxylic acids is 1. The first-order valence-corrected chi connectivity index (χ1v) is 5.73. The summed E-state index contributed by atoms with van der Waals surface area (Å²) in [5.74, 6) is 0.917. The second kappa shape index (κ2) is 3.20. The number of fused-ring (bicyclic) bond motifs is 2. The van der Waals surface area contributed by atoms with E-state index in [0.29, 0.717) is 0 Å². The monoisotopic (exact) mass is 217 g/mol. The van der Waals surface area contributed by atoms with E-state index in [-0.39, 0.29) is 17.4 Å². The van der Waals surface area contributed by atoms with Crippen LogP contribution in [0.1, 0.15) is 26.2 Å². The standard InChI is InChI=1S/C12H15N3O/c1-12-6-2-5-9(12)15-10-8(14-11(12)16)4-3-7-13-10/h3-4,7,9H,2,5-6H2,1H3,(H,13,15)(H,14,16). The topological polar surface area (TPSA) is 54.0 Å². The van der Waals surface area contributed by atoms with Crippen LogP contribution >= 0.6 is 0 Å². The minimum atomic E-state index is -0.291. The molecule has 1 aliphatic heterocycles. The van der Waals surface area contributed by atoms with Crippen molar-refractivity contribution in [3.63, 3.8) is 0 Å². The molecular formula is C12H15N3O. The van der Waals surface area contributed by atoms with Gasteiger partial charge in [0.1, 0.15) is 5.82 Å². The number of amides is 1. The van der Waals surface area contributed by atoms with E-state index in [1.807, 2.05) is 19.1 Å². The Hall–Kier alpha value is -1.58. The van der Waals surface area contributed by atoms with E-state index < -0.39 is 0 Å². The lowest BCUT2D eigenvalue weighted by Crippen LogP contribution is -2.41. The predicted molar refractivity (Wildman–Crippen MR) is 62.2 cm³/mol. The maximum atomic E-state index is 12.2. The highest BCUT2D eigenvalue weighted by atomic mass is 16.2. The number of hydrogen-bond acceptors (Lipinski definition) is 3. The highest BCUT2D eigenvalue weighted by Gasteiger charge is 2.46. The maximum Gasteiger partial charge on any atom is 0.232 e. The lowest BCUT2D eigenvalue weighted by Gasteiger charge is -2.27. The fraction of sp³-hybridized carbons (Fsp3) is 0.500. The molecule has 2 atom stereocenters. The Bertz CT molecular complexity index is 446. The van der Waals surface area contributed by atoms with Crippen molar-refractivity contribution in [1.82, 2.24) is 4.98 Å². The van der Waals surface area contributed by atoms with Gasteiger partial charge in [-0.05, 0) is 31.9 Å². The van der Waals surface area contributed by atoms with E-state index in [1.54, 1.807) is 6.20 Å². The highest BCUT2D eigenvalue weighted by molar-refractivity contribution is 5.99. The first-order chi connectivity index (χ1) is 7.70. The summed E-state index contributed by atoms with van der Waals surface area (Å²) in [5.41, 5.74) is 0.504. The van der Waals surface area contributed by atoms with Crippen molar-refractivity contribution in [3.8, 4) is 0 Å². The summed E-state index contributed by atoms with van der Waals surface area (Å²) >= 11 is 0. The Labute approximate surface area is 94.5 Å². The minimum Gasteiger partial charge on any atom is -0.365 e. The van der Waals surface area contributed by atoms with Gasteiger partial charge in [0.15, 0.2) is 0 Å². The summed E-state index contributed by atoms with van der Waals surface area (Å²) < 4.78 is 0. The summed E-state index contributed by atoms with van der Waals surface area (Å²) in [7, 11) is 0. The molecule has 1 fully saturated rings. The van der Waals surface area contributed by atoms with Gasteiger partial charge >= 0.3 is 0 Å².